The molecule has 5 N–H and O–H groups in total. The zero-order valence-electron chi connectivity index (χ0n) is 9.16. The summed E-state index contributed by atoms with van der Waals surface area (Å²) in [7, 11) is 0. The van der Waals surface area contributed by atoms with E-state index in [0.29, 0.717) is 10.6 Å². The Morgan fingerprint density at radius 3 is 2.94 bits per heavy atom. The Bertz CT molecular complexity index is 353. The molecule has 1 rings (SSSR count). The van der Waals surface area contributed by atoms with Crippen molar-refractivity contribution in [1.29, 1.82) is 0 Å². The lowest BCUT2D eigenvalue weighted by Crippen LogP contribution is -2.15. The highest BCUT2D eigenvalue weighted by molar-refractivity contribution is 7.98. The lowest BCUT2D eigenvalue weighted by Gasteiger charge is -2.04. The summed E-state index contributed by atoms with van der Waals surface area (Å²) in [6, 6.07) is 0. The minimum absolute atomic E-state index is 0.212. The van der Waals surface area contributed by atoms with Gasteiger partial charge in [-0.3, -0.25) is 4.79 Å². The van der Waals surface area contributed by atoms with E-state index in [2.05, 4.69) is 15.9 Å². The first-order chi connectivity index (χ1) is 7.66. The van der Waals surface area contributed by atoms with Crippen LogP contribution in [0.3, 0.4) is 0 Å². The molecule has 0 aliphatic carbocycles. The van der Waals surface area contributed by atoms with Crippen LogP contribution in [-0.2, 0) is 0 Å². The van der Waals surface area contributed by atoms with Crippen molar-refractivity contribution in [2.45, 2.75) is 12.8 Å². The van der Waals surface area contributed by atoms with Gasteiger partial charge in [0.25, 0.3) is 5.91 Å². The van der Waals surface area contributed by atoms with Crippen LogP contribution in [0.25, 0.3) is 0 Å². The van der Waals surface area contributed by atoms with E-state index in [1.807, 2.05) is 11.8 Å². The molecule has 0 saturated carbocycles. The Labute approximate surface area is 103 Å². The molecule has 0 fully saturated rings. The minimum atomic E-state index is -0.530. The summed E-state index contributed by atoms with van der Waals surface area (Å²) in [5, 5.41) is 3.82. The Hall–Kier alpha value is -0.950. The van der Waals surface area contributed by atoms with Crippen LogP contribution in [0.1, 0.15) is 23.2 Å². The summed E-state index contributed by atoms with van der Waals surface area (Å²) in [6.45, 7) is 0.808. The van der Waals surface area contributed by atoms with E-state index in [4.69, 9.17) is 11.5 Å². The van der Waals surface area contributed by atoms with Gasteiger partial charge in [-0.15, -0.1) is 0 Å². The number of nitrogens with zero attached hydrogens (tertiary/aromatic N) is 1. The normalized spacial score (nSPS) is 10.3. The second-order valence-corrected chi connectivity index (χ2v) is 5.02. The molecule has 90 valence electrons. The van der Waals surface area contributed by atoms with Crippen LogP contribution in [0.4, 0.5) is 10.8 Å². The number of unbranched alkanes of at least 4 members (excludes halogenated alkanes) is 1. The smallest absolute Gasteiger partial charge is 0.255 e. The zero-order chi connectivity index (χ0) is 12.0. The maximum Gasteiger partial charge on any atom is 0.255 e. The van der Waals surface area contributed by atoms with Crippen LogP contribution in [0.5, 0.6) is 0 Å². The van der Waals surface area contributed by atoms with Crippen molar-refractivity contribution < 1.29 is 4.79 Å². The molecule has 1 aromatic heterocycles. The third-order valence-corrected chi connectivity index (χ3v) is 3.54. The second kappa shape index (κ2) is 6.59. The maximum absolute atomic E-state index is 11.1. The fraction of sp³-hybridized carbons (Fsp3) is 0.556. The molecule has 0 radical (unpaired) electrons. The molecule has 1 aromatic rings. The van der Waals surface area contributed by atoms with Gasteiger partial charge in [0.2, 0.25) is 0 Å². The van der Waals surface area contributed by atoms with Gasteiger partial charge in [0.15, 0.2) is 5.82 Å². The number of carbonyl (C=O) groups excluding carboxylic acids is 1. The van der Waals surface area contributed by atoms with Crippen molar-refractivity contribution in [2.75, 3.05) is 29.6 Å². The van der Waals surface area contributed by atoms with Crippen LogP contribution < -0.4 is 16.8 Å². The Morgan fingerprint density at radius 1 is 1.56 bits per heavy atom. The van der Waals surface area contributed by atoms with Gasteiger partial charge in [0.05, 0.1) is 0 Å². The average Bonchev–Trinajstić information content (AvgIpc) is 2.59. The van der Waals surface area contributed by atoms with E-state index in [1.165, 1.54) is 11.5 Å². The fourth-order valence-electron chi connectivity index (χ4n) is 1.23. The fourth-order valence-corrected chi connectivity index (χ4v) is 2.47. The van der Waals surface area contributed by atoms with Crippen LogP contribution in [0.15, 0.2) is 0 Å². The number of nitrogens with one attached hydrogen (secondary N) is 1. The molecule has 0 aromatic carbocycles. The highest BCUT2D eigenvalue weighted by Crippen LogP contribution is 2.25. The topological polar surface area (TPSA) is 94.0 Å². The first-order valence-electron chi connectivity index (χ1n) is 4.94. The number of nitrogens with two attached hydrogens (primary N) is 2. The minimum Gasteiger partial charge on any atom is -0.382 e. The summed E-state index contributed by atoms with van der Waals surface area (Å²) >= 11 is 3.00. The number of amides is 1. The van der Waals surface area contributed by atoms with Gasteiger partial charge in [-0.05, 0) is 36.4 Å². The SMILES string of the molecule is CSCCCCNc1snc(N)c1C(N)=O. The molecular formula is C9H16N4OS2. The largest absolute Gasteiger partial charge is 0.382 e. The second-order valence-electron chi connectivity index (χ2n) is 3.26. The molecule has 0 unspecified atom stereocenters. The lowest BCUT2D eigenvalue weighted by atomic mass is 10.3. The highest BCUT2D eigenvalue weighted by atomic mass is 32.2. The molecule has 0 bridgehead atoms. The standard InChI is InChI=1S/C9H16N4OS2/c1-15-5-3-2-4-12-9-6(8(11)14)7(10)13-16-9/h12H,2-5H2,1H3,(H2,10,13)(H2,11,14). The third kappa shape index (κ3) is 3.57. The number of carbonyl (C=O) groups is 1. The van der Waals surface area contributed by atoms with Crippen molar-refractivity contribution in [3.8, 4) is 0 Å². The van der Waals surface area contributed by atoms with Gasteiger partial charge in [0, 0.05) is 6.54 Å². The van der Waals surface area contributed by atoms with Gasteiger partial charge in [-0.2, -0.15) is 16.1 Å². The summed E-state index contributed by atoms with van der Waals surface area (Å²) < 4.78 is 3.90. The maximum atomic E-state index is 11.1. The predicted octanol–water partition coefficient (Wildman–Crippen LogP) is 1.38. The van der Waals surface area contributed by atoms with Gasteiger partial charge in [-0.1, -0.05) is 0 Å². The quantitative estimate of drug-likeness (QED) is 0.644. The highest BCUT2D eigenvalue weighted by Gasteiger charge is 2.15. The Kier molecular flexibility index (Phi) is 5.41. The van der Waals surface area contributed by atoms with E-state index in [1.54, 1.807) is 0 Å². The average molecular weight is 260 g/mol. The first-order valence-corrected chi connectivity index (χ1v) is 7.11. The molecule has 0 aliphatic heterocycles. The Balaban J connectivity index is 2.45. The number of hydrogen-bond acceptors (Lipinski definition) is 6. The molecule has 0 spiro atoms. The van der Waals surface area contributed by atoms with Crippen LogP contribution in [0.2, 0.25) is 0 Å². The molecule has 16 heavy (non-hydrogen) atoms. The molecule has 0 atom stereocenters. The first kappa shape index (κ1) is 13.1. The number of primary amides is 1. The molecule has 5 nitrogen and oxygen atoms in total. The predicted molar refractivity (Wildman–Crippen MR) is 71.2 cm³/mol. The molecular weight excluding hydrogens is 244 g/mol. The van der Waals surface area contributed by atoms with Gasteiger partial charge in [-0.25, -0.2) is 0 Å². The Morgan fingerprint density at radius 2 is 2.31 bits per heavy atom. The molecule has 0 aliphatic rings. The summed E-state index contributed by atoms with van der Waals surface area (Å²) in [4.78, 5) is 11.1. The van der Waals surface area contributed by atoms with Gasteiger partial charge >= 0.3 is 0 Å². The monoisotopic (exact) mass is 260 g/mol. The van der Waals surface area contributed by atoms with E-state index >= 15 is 0 Å². The zero-order valence-corrected chi connectivity index (χ0v) is 10.8. The summed E-state index contributed by atoms with van der Waals surface area (Å²) in [5.41, 5.74) is 11.1. The van der Waals surface area contributed by atoms with E-state index < -0.39 is 5.91 Å². The third-order valence-electron chi connectivity index (χ3n) is 2.03. The molecule has 1 amide bonds. The molecule has 7 heteroatoms. The van der Waals surface area contributed by atoms with Crippen molar-refractivity contribution in [1.82, 2.24) is 4.37 Å². The van der Waals surface area contributed by atoms with Crippen molar-refractivity contribution >= 4 is 40.0 Å². The molecule has 1 heterocycles. The molecule has 0 saturated heterocycles. The van der Waals surface area contributed by atoms with E-state index in [9.17, 15) is 4.79 Å². The van der Waals surface area contributed by atoms with E-state index in [0.717, 1.165) is 25.1 Å². The van der Waals surface area contributed by atoms with Crippen LogP contribution in [-0.4, -0.2) is 28.8 Å². The number of rotatable bonds is 7. The number of thioether (sulfide) groups is 1. The van der Waals surface area contributed by atoms with Crippen molar-refractivity contribution in [2.24, 2.45) is 5.73 Å². The van der Waals surface area contributed by atoms with Gasteiger partial charge in [0.1, 0.15) is 10.6 Å². The van der Waals surface area contributed by atoms with Crippen LogP contribution in [0, 0.1) is 0 Å². The van der Waals surface area contributed by atoms with Gasteiger partial charge < -0.3 is 16.8 Å². The number of nitrogen functional groups attached to an aromatic ring is 1. The lowest BCUT2D eigenvalue weighted by molar-refractivity contribution is 0.100. The van der Waals surface area contributed by atoms with Crippen molar-refractivity contribution in [3.63, 3.8) is 0 Å². The van der Waals surface area contributed by atoms with E-state index in [-0.39, 0.29) is 5.82 Å². The van der Waals surface area contributed by atoms with Crippen LogP contribution >= 0.6 is 23.3 Å². The number of hydrogen-bond donors (Lipinski definition) is 3. The number of anilines is 2. The van der Waals surface area contributed by atoms with Crippen molar-refractivity contribution in [3.05, 3.63) is 5.56 Å². The number of aromatic nitrogens is 1. The summed E-state index contributed by atoms with van der Waals surface area (Å²) in [6.07, 6.45) is 4.29. The summed E-state index contributed by atoms with van der Waals surface area (Å²) in [5.74, 6) is 0.830.